The number of pyridine rings is 1. The highest BCUT2D eigenvalue weighted by Crippen LogP contribution is 2.26. The summed E-state index contributed by atoms with van der Waals surface area (Å²) in [6.07, 6.45) is 7.29. The highest BCUT2D eigenvalue weighted by Gasteiger charge is 2.22. The Labute approximate surface area is 144 Å². The van der Waals surface area contributed by atoms with Gasteiger partial charge in [-0.05, 0) is 37.8 Å². The van der Waals surface area contributed by atoms with E-state index >= 15 is 0 Å². The summed E-state index contributed by atoms with van der Waals surface area (Å²) in [5.41, 5.74) is 7.69. The minimum atomic E-state index is -0.259. The van der Waals surface area contributed by atoms with Crippen LogP contribution >= 0.6 is 0 Å². The molecule has 1 amide bonds. The summed E-state index contributed by atoms with van der Waals surface area (Å²) in [6, 6.07) is 4.31. The Morgan fingerprint density at radius 1 is 1.36 bits per heavy atom. The number of amides is 1. The van der Waals surface area contributed by atoms with E-state index in [4.69, 9.17) is 5.73 Å². The summed E-state index contributed by atoms with van der Waals surface area (Å²) >= 11 is 0. The van der Waals surface area contributed by atoms with Crippen LogP contribution in [0.2, 0.25) is 0 Å². The Morgan fingerprint density at radius 3 is 3.04 bits per heavy atom. The van der Waals surface area contributed by atoms with Crippen LogP contribution in [0.25, 0.3) is 11.0 Å². The van der Waals surface area contributed by atoms with Crippen molar-refractivity contribution in [1.82, 2.24) is 35.5 Å². The number of hydrogen-bond donors (Lipinski definition) is 3. The van der Waals surface area contributed by atoms with Crippen molar-refractivity contribution >= 4 is 16.9 Å². The highest BCUT2D eigenvalue weighted by atomic mass is 16.2. The molecule has 1 saturated carbocycles. The van der Waals surface area contributed by atoms with Crippen LogP contribution in [-0.4, -0.2) is 42.1 Å². The molecule has 1 fully saturated rings. The number of carbonyl (C=O) groups is 1. The molecule has 1 aliphatic rings. The van der Waals surface area contributed by atoms with E-state index in [1.807, 2.05) is 12.1 Å². The molecule has 0 atom stereocenters. The molecule has 0 aromatic carbocycles. The lowest BCUT2D eigenvalue weighted by atomic mass is 9.92. The van der Waals surface area contributed by atoms with Gasteiger partial charge in [0.2, 0.25) is 0 Å². The van der Waals surface area contributed by atoms with Gasteiger partial charge in [-0.15, -0.1) is 5.10 Å². The number of aromatic amines is 1. The molecule has 25 heavy (non-hydrogen) atoms. The summed E-state index contributed by atoms with van der Waals surface area (Å²) in [4.78, 5) is 16.5. The molecule has 4 N–H and O–H groups in total. The second-order valence-corrected chi connectivity index (χ2v) is 6.41. The Kier molecular flexibility index (Phi) is 4.14. The average Bonchev–Trinajstić information content (AvgIpc) is 3.28. The highest BCUT2D eigenvalue weighted by molar-refractivity contribution is 5.92. The maximum absolute atomic E-state index is 12.3. The molecular weight excluding hydrogens is 320 g/mol. The zero-order valence-corrected chi connectivity index (χ0v) is 13.7. The zero-order valence-electron chi connectivity index (χ0n) is 13.7. The molecule has 0 saturated heterocycles. The number of nitrogens with one attached hydrogen (secondary N) is 2. The molecule has 0 spiro atoms. The summed E-state index contributed by atoms with van der Waals surface area (Å²) in [5, 5.41) is 18.9. The first-order valence-corrected chi connectivity index (χ1v) is 8.44. The average molecular weight is 340 g/mol. The molecule has 0 aliphatic heterocycles. The van der Waals surface area contributed by atoms with Gasteiger partial charge in [0.1, 0.15) is 0 Å². The topological polar surface area (TPSA) is 127 Å². The minimum absolute atomic E-state index is 0.259. The van der Waals surface area contributed by atoms with Gasteiger partial charge in [-0.25, -0.2) is 9.67 Å². The van der Waals surface area contributed by atoms with E-state index in [-0.39, 0.29) is 18.0 Å². The van der Waals surface area contributed by atoms with Gasteiger partial charge in [0, 0.05) is 17.6 Å². The van der Waals surface area contributed by atoms with Crippen molar-refractivity contribution in [2.24, 2.45) is 5.73 Å². The van der Waals surface area contributed by atoms with Crippen LogP contribution in [0.3, 0.4) is 0 Å². The van der Waals surface area contributed by atoms with Crippen molar-refractivity contribution < 1.29 is 4.79 Å². The summed E-state index contributed by atoms with van der Waals surface area (Å²) in [5.74, 6) is -0.259. The van der Waals surface area contributed by atoms with Crippen molar-refractivity contribution in [1.29, 1.82) is 0 Å². The zero-order chi connectivity index (χ0) is 17.2. The van der Waals surface area contributed by atoms with Crippen molar-refractivity contribution in [2.45, 2.75) is 44.3 Å². The van der Waals surface area contributed by atoms with E-state index in [0.717, 1.165) is 36.8 Å². The van der Waals surface area contributed by atoms with Crippen LogP contribution in [0.15, 0.2) is 24.5 Å². The monoisotopic (exact) mass is 340 g/mol. The van der Waals surface area contributed by atoms with E-state index < -0.39 is 0 Å². The molecule has 9 heteroatoms. The number of fused-ring (bicyclic) bond motifs is 1. The fourth-order valence-electron chi connectivity index (χ4n) is 3.22. The number of rotatable bonds is 4. The second kappa shape index (κ2) is 6.60. The molecule has 1 aliphatic carbocycles. The summed E-state index contributed by atoms with van der Waals surface area (Å²) < 4.78 is 1.79. The van der Waals surface area contributed by atoms with Gasteiger partial charge in [-0.1, -0.05) is 5.21 Å². The van der Waals surface area contributed by atoms with Gasteiger partial charge in [-0.3, -0.25) is 9.89 Å². The summed E-state index contributed by atoms with van der Waals surface area (Å²) in [7, 11) is 0. The van der Waals surface area contributed by atoms with Gasteiger partial charge >= 0.3 is 0 Å². The summed E-state index contributed by atoms with van der Waals surface area (Å²) in [6.45, 7) is 0.326. The Bertz CT molecular complexity index is 877. The number of aromatic nitrogens is 6. The molecule has 3 aromatic heterocycles. The first kappa shape index (κ1) is 15.7. The fraction of sp³-hybridized carbons (Fsp3) is 0.438. The first-order chi connectivity index (χ1) is 12.2. The molecule has 9 nitrogen and oxygen atoms in total. The Morgan fingerprint density at radius 2 is 2.20 bits per heavy atom. The maximum atomic E-state index is 12.3. The third-order valence-electron chi connectivity index (χ3n) is 4.69. The van der Waals surface area contributed by atoms with Crippen LogP contribution in [0, 0.1) is 0 Å². The lowest BCUT2D eigenvalue weighted by Gasteiger charge is -2.25. The number of carbonyl (C=O) groups excluding carboxylic acids is 1. The fourth-order valence-corrected chi connectivity index (χ4v) is 3.22. The predicted molar refractivity (Wildman–Crippen MR) is 90.6 cm³/mol. The molecular formula is C16H20N8O. The molecule has 3 aromatic rings. The smallest absolute Gasteiger partial charge is 0.273 e. The third-order valence-corrected chi connectivity index (χ3v) is 4.69. The number of nitrogens with two attached hydrogens (primary N) is 1. The van der Waals surface area contributed by atoms with Crippen LogP contribution in [0.1, 0.15) is 47.9 Å². The van der Waals surface area contributed by atoms with Crippen molar-refractivity contribution in [3.63, 3.8) is 0 Å². The van der Waals surface area contributed by atoms with Gasteiger partial charge in [-0.2, -0.15) is 5.10 Å². The normalized spacial score (nSPS) is 20.7. The van der Waals surface area contributed by atoms with E-state index in [9.17, 15) is 4.79 Å². The van der Waals surface area contributed by atoms with E-state index in [1.54, 1.807) is 17.1 Å². The molecule has 3 heterocycles. The molecule has 0 radical (unpaired) electrons. The third kappa shape index (κ3) is 3.22. The van der Waals surface area contributed by atoms with Crippen LogP contribution in [0.5, 0.6) is 0 Å². The minimum Gasteiger partial charge on any atom is -0.345 e. The number of hydrogen-bond acceptors (Lipinski definition) is 6. The molecule has 4 rings (SSSR count). The van der Waals surface area contributed by atoms with Crippen LogP contribution in [-0.2, 0) is 6.54 Å². The molecule has 0 unspecified atom stereocenters. The molecule has 0 bridgehead atoms. The lowest BCUT2D eigenvalue weighted by Crippen LogP contribution is -2.28. The van der Waals surface area contributed by atoms with Gasteiger partial charge in [0.15, 0.2) is 11.3 Å². The van der Waals surface area contributed by atoms with Gasteiger partial charge in [0.05, 0.1) is 24.5 Å². The first-order valence-electron chi connectivity index (χ1n) is 8.44. The lowest BCUT2D eigenvalue weighted by molar-refractivity contribution is 0.0945. The maximum Gasteiger partial charge on any atom is 0.273 e. The Balaban J connectivity index is 1.40. The number of H-pyrrole nitrogens is 1. The van der Waals surface area contributed by atoms with Gasteiger partial charge < -0.3 is 11.1 Å². The second-order valence-electron chi connectivity index (χ2n) is 6.41. The van der Waals surface area contributed by atoms with Crippen molar-refractivity contribution in [2.75, 3.05) is 0 Å². The van der Waals surface area contributed by atoms with Crippen LogP contribution < -0.4 is 11.1 Å². The van der Waals surface area contributed by atoms with E-state index in [0.29, 0.717) is 17.9 Å². The quantitative estimate of drug-likeness (QED) is 0.648. The number of nitrogens with zero attached hydrogens (tertiary/aromatic N) is 5. The van der Waals surface area contributed by atoms with Crippen molar-refractivity contribution in [3.05, 3.63) is 35.9 Å². The van der Waals surface area contributed by atoms with E-state index in [2.05, 4.69) is 30.8 Å². The SMILES string of the molecule is NC1CCC(n2cc(C(=O)NCc3[nH]nc4ncccc34)nn2)CC1. The molecule has 130 valence electrons. The predicted octanol–water partition coefficient (Wildman–Crippen LogP) is 0.922. The van der Waals surface area contributed by atoms with Gasteiger partial charge in [0.25, 0.3) is 5.91 Å². The van der Waals surface area contributed by atoms with Crippen LogP contribution in [0.4, 0.5) is 0 Å². The van der Waals surface area contributed by atoms with E-state index in [1.165, 1.54) is 0 Å². The standard InChI is InChI=1S/C16H20N8O/c17-10-3-5-11(6-4-10)24-9-14(21-23-24)16(25)19-8-13-12-2-1-7-18-15(12)22-20-13/h1-2,7,9-11H,3-6,8,17H2,(H,19,25)(H,18,20,22). The Hall–Kier alpha value is -2.81. The van der Waals surface area contributed by atoms with Crippen molar-refractivity contribution in [3.8, 4) is 0 Å². The largest absolute Gasteiger partial charge is 0.345 e.